The highest BCUT2D eigenvalue weighted by molar-refractivity contribution is 7.98. The van der Waals surface area contributed by atoms with Gasteiger partial charge in [-0.05, 0) is 84.9 Å². The summed E-state index contributed by atoms with van der Waals surface area (Å²) in [7, 11) is 1.64. The highest BCUT2D eigenvalue weighted by atomic mass is 32.2. The number of carbonyl (C=O) groups is 2. The number of hydrogen-bond acceptors (Lipinski definition) is 5. The fraction of sp³-hybridized carbons (Fsp3) is 0.500. The maximum atomic E-state index is 13.7. The van der Waals surface area contributed by atoms with Gasteiger partial charge in [0.1, 0.15) is 5.75 Å². The van der Waals surface area contributed by atoms with Crippen LogP contribution in [0.3, 0.4) is 0 Å². The molecule has 2 bridgehead atoms. The van der Waals surface area contributed by atoms with E-state index in [1.54, 1.807) is 18.9 Å². The van der Waals surface area contributed by atoms with E-state index in [9.17, 15) is 9.59 Å². The van der Waals surface area contributed by atoms with E-state index in [0.717, 1.165) is 43.4 Å². The number of amides is 3. The van der Waals surface area contributed by atoms with Gasteiger partial charge in [-0.2, -0.15) is 0 Å². The minimum Gasteiger partial charge on any atom is -0.497 e. The summed E-state index contributed by atoms with van der Waals surface area (Å²) in [6.07, 6.45) is 6.80. The van der Waals surface area contributed by atoms with Gasteiger partial charge in [-0.25, -0.2) is 4.79 Å². The molecule has 7 nitrogen and oxygen atoms in total. The Morgan fingerprint density at radius 3 is 2.35 bits per heavy atom. The monoisotopic (exact) mass is 562 g/mol. The number of hydrogen-bond donors (Lipinski definition) is 1. The molecule has 3 amide bonds. The average Bonchev–Trinajstić information content (AvgIpc) is 2.99. The molecular formula is C32H42N4O3S. The first-order valence-electron chi connectivity index (χ1n) is 14.3. The lowest BCUT2D eigenvalue weighted by Crippen LogP contribution is -2.52. The zero-order valence-electron chi connectivity index (χ0n) is 24.2. The highest BCUT2D eigenvalue weighted by Crippen LogP contribution is 2.59. The third-order valence-corrected chi connectivity index (χ3v) is 10.0. The Bertz CT molecular complexity index is 1220. The van der Waals surface area contributed by atoms with Gasteiger partial charge >= 0.3 is 6.03 Å². The van der Waals surface area contributed by atoms with Gasteiger partial charge in [0.15, 0.2) is 0 Å². The first-order chi connectivity index (χ1) is 19.3. The lowest BCUT2D eigenvalue weighted by atomic mass is 9.49. The Labute approximate surface area is 242 Å². The lowest BCUT2D eigenvalue weighted by Gasteiger charge is -2.57. The van der Waals surface area contributed by atoms with Crippen LogP contribution in [0, 0.1) is 17.3 Å². The molecule has 40 heavy (non-hydrogen) atoms. The van der Waals surface area contributed by atoms with Crippen molar-refractivity contribution in [3.05, 3.63) is 65.7 Å². The molecule has 4 aliphatic rings. The van der Waals surface area contributed by atoms with Gasteiger partial charge in [0.05, 0.1) is 7.11 Å². The average molecular weight is 563 g/mol. The second-order valence-corrected chi connectivity index (χ2v) is 12.6. The van der Waals surface area contributed by atoms with Crippen LogP contribution in [-0.2, 0) is 0 Å². The van der Waals surface area contributed by atoms with Gasteiger partial charge in [-0.3, -0.25) is 9.69 Å². The van der Waals surface area contributed by atoms with Gasteiger partial charge in [0.25, 0.3) is 5.91 Å². The number of nitrogens with zero attached hydrogens (tertiary/aromatic N) is 3. The van der Waals surface area contributed by atoms with E-state index >= 15 is 0 Å². The lowest BCUT2D eigenvalue weighted by molar-refractivity contribution is -0.0105. The number of benzene rings is 2. The molecule has 2 atom stereocenters. The molecule has 0 radical (unpaired) electrons. The summed E-state index contributed by atoms with van der Waals surface area (Å²) in [4.78, 5) is 34.0. The van der Waals surface area contributed by atoms with Crippen LogP contribution in [0.5, 0.6) is 5.75 Å². The second kappa shape index (κ2) is 12.3. The van der Waals surface area contributed by atoms with Crippen LogP contribution in [0.2, 0.25) is 0 Å². The van der Waals surface area contributed by atoms with Gasteiger partial charge in [0, 0.05) is 62.0 Å². The minimum absolute atomic E-state index is 0.0569. The van der Waals surface area contributed by atoms with Crippen molar-refractivity contribution in [1.29, 1.82) is 0 Å². The van der Waals surface area contributed by atoms with Gasteiger partial charge in [-0.1, -0.05) is 25.5 Å². The normalized spacial score (nSPS) is 21.7. The van der Waals surface area contributed by atoms with Crippen LogP contribution in [0.25, 0.3) is 0 Å². The van der Waals surface area contributed by atoms with E-state index in [-0.39, 0.29) is 11.9 Å². The molecule has 2 aromatic carbocycles. The number of carbonyl (C=O) groups excluding carboxylic acids is 2. The smallest absolute Gasteiger partial charge is 0.321 e. The number of piperazine rings is 1. The summed E-state index contributed by atoms with van der Waals surface area (Å²) in [6.45, 7) is 9.82. The number of methoxy groups -OCH3 is 1. The Hall–Kier alpha value is -2.97. The maximum absolute atomic E-state index is 13.7. The maximum Gasteiger partial charge on any atom is 0.321 e. The first kappa shape index (κ1) is 28.6. The Kier molecular flexibility index (Phi) is 8.76. The van der Waals surface area contributed by atoms with Crippen LogP contribution in [-0.4, -0.2) is 85.8 Å². The molecule has 1 saturated carbocycles. The molecular weight excluding hydrogens is 520 g/mol. The highest BCUT2D eigenvalue weighted by Gasteiger charge is 2.51. The molecule has 0 aromatic heterocycles. The van der Waals surface area contributed by atoms with Crippen molar-refractivity contribution < 1.29 is 14.3 Å². The Balaban J connectivity index is 1.18. The summed E-state index contributed by atoms with van der Waals surface area (Å²) in [5, 5.41) is 3.02. The molecule has 1 N–H and O–H groups in total. The molecule has 2 fully saturated rings. The molecule has 2 unspecified atom stereocenters. The van der Waals surface area contributed by atoms with Crippen molar-refractivity contribution in [3.63, 3.8) is 0 Å². The molecule has 1 aliphatic heterocycles. The third-order valence-electron chi connectivity index (χ3n) is 9.27. The van der Waals surface area contributed by atoms with E-state index in [4.69, 9.17) is 4.74 Å². The number of nitrogens with one attached hydrogen (secondary N) is 1. The fourth-order valence-corrected chi connectivity index (χ4v) is 6.77. The van der Waals surface area contributed by atoms with E-state index in [1.807, 2.05) is 64.6 Å². The van der Waals surface area contributed by atoms with Gasteiger partial charge < -0.3 is 19.9 Å². The summed E-state index contributed by atoms with van der Waals surface area (Å²) in [5.74, 6) is 2.15. The number of allylic oxidation sites excluding steroid dienone is 1. The molecule has 214 valence electrons. The molecule has 0 spiro atoms. The molecule has 1 heterocycles. The van der Waals surface area contributed by atoms with E-state index in [0.29, 0.717) is 43.1 Å². The number of thioether (sulfide) groups is 1. The van der Waals surface area contributed by atoms with E-state index < -0.39 is 0 Å². The minimum atomic E-state index is -0.0569. The van der Waals surface area contributed by atoms with Gasteiger partial charge in [0.2, 0.25) is 0 Å². The number of fused-ring (bicyclic) bond motifs is 1. The zero-order valence-corrected chi connectivity index (χ0v) is 25.0. The molecule has 2 aromatic rings. The Morgan fingerprint density at radius 1 is 1.05 bits per heavy atom. The van der Waals surface area contributed by atoms with Crippen LogP contribution in [0.15, 0.2) is 65.1 Å². The summed E-state index contributed by atoms with van der Waals surface area (Å²) in [5.41, 5.74) is 3.25. The first-order valence-corrected chi connectivity index (χ1v) is 15.6. The van der Waals surface area contributed by atoms with Crippen molar-refractivity contribution in [1.82, 2.24) is 14.7 Å². The molecule has 8 heteroatoms. The second-order valence-electron chi connectivity index (χ2n) is 11.8. The summed E-state index contributed by atoms with van der Waals surface area (Å²) >= 11 is 1.68. The van der Waals surface area contributed by atoms with Crippen molar-refractivity contribution in [2.45, 2.75) is 31.6 Å². The van der Waals surface area contributed by atoms with Crippen LogP contribution >= 0.6 is 11.8 Å². The number of ether oxygens (including phenoxy) is 1. The van der Waals surface area contributed by atoms with Crippen molar-refractivity contribution in [3.8, 4) is 5.75 Å². The topological polar surface area (TPSA) is 65.1 Å². The number of anilines is 1. The number of rotatable bonds is 9. The van der Waals surface area contributed by atoms with E-state index in [2.05, 4.69) is 30.1 Å². The molecule has 6 rings (SSSR count). The summed E-state index contributed by atoms with van der Waals surface area (Å²) < 4.78 is 5.29. The predicted octanol–water partition coefficient (Wildman–Crippen LogP) is 5.70. The van der Waals surface area contributed by atoms with Crippen LogP contribution < -0.4 is 10.1 Å². The van der Waals surface area contributed by atoms with Crippen molar-refractivity contribution in [2.24, 2.45) is 17.3 Å². The van der Waals surface area contributed by atoms with Crippen LogP contribution in [0.1, 0.15) is 37.0 Å². The quantitative estimate of drug-likeness (QED) is 0.314. The predicted molar refractivity (Wildman–Crippen MR) is 162 cm³/mol. The Morgan fingerprint density at radius 2 is 1.75 bits per heavy atom. The molecule has 3 aliphatic carbocycles. The summed E-state index contributed by atoms with van der Waals surface area (Å²) in [6, 6.07) is 15.3. The van der Waals surface area contributed by atoms with Gasteiger partial charge in [-0.15, -0.1) is 11.8 Å². The fourth-order valence-electron chi connectivity index (χ4n) is 6.36. The third kappa shape index (κ3) is 6.18. The molecule has 1 saturated heterocycles. The SMILES string of the molecule is COc1ccc(C(=O)N(CCN2CCN(C(=O)Nc3ccc(SC)cc3)CC2)CC2=CCC3CC2C3(C)C)cc1. The largest absolute Gasteiger partial charge is 0.497 e. The van der Waals surface area contributed by atoms with Crippen molar-refractivity contribution >= 4 is 29.4 Å². The van der Waals surface area contributed by atoms with Crippen LogP contribution in [0.4, 0.5) is 10.5 Å². The van der Waals surface area contributed by atoms with E-state index in [1.165, 1.54) is 16.9 Å². The standard InChI is InChI=1S/C32H42N4O3S/c1-32(2)25-8-5-24(29(32)21-25)22-36(30(37)23-6-11-27(39-3)12-7-23)20-17-34-15-18-35(19-16-34)31(38)33-26-9-13-28(40-4)14-10-26/h5-7,9-14,25,29H,8,15-22H2,1-4H3,(H,33,38). The number of urea groups is 1. The van der Waals surface area contributed by atoms with Crippen molar-refractivity contribution in [2.75, 3.05) is 64.5 Å². The zero-order chi connectivity index (χ0) is 28.3.